The second kappa shape index (κ2) is 6.32. The number of aromatic nitrogens is 1. The molecule has 0 radical (unpaired) electrons. The molecule has 6 heteroatoms. The fourth-order valence-electron chi connectivity index (χ4n) is 2.55. The zero-order valence-electron chi connectivity index (χ0n) is 11.5. The van der Waals surface area contributed by atoms with Crippen molar-refractivity contribution in [2.24, 2.45) is 5.92 Å². The van der Waals surface area contributed by atoms with E-state index in [2.05, 4.69) is 23.5 Å². The maximum atomic E-state index is 11.1. The van der Waals surface area contributed by atoms with Crippen molar-refractivity contribution in [3.8, 4) is 0 Å². The normalized spacial score (nSPS) is 16.8. The zero-order valence-corrected chi connectivity index (χ0v) is 12.3. The second-order valence-electron chi connectivity index (χ2n) is 5.64. The van der Waals surface area contributed by atoms with Gasteiger partial charge in [0, 0.05) is 10.4 Å². The summed E-state index contributed by atoms with van der Waals surface area (Å²) in [5.41, 5.74) is 0.676. The first-order valence-electron chi connectivity index (χ1n) is 6.97. The third-order valence-corrected chi connectivity index (χ3v) is 4.32. The smallest absolute Gasteiger partial charge is 0.374 e. The molecule has 0 bridgehead atoms. The number of nitrogens with one attached hydrogen (secondary N) is 1. The monoisotopic (exact) mass is 283 g/mol. The minimum atomic E-state index is -0.370. The molecule has 1 saturated carbocycles. The van der Waals surface area contributed by atoms with Gasteiger partial charge in [-0.3, -0.25) is 0 Å². The van der Waals surface area contributed by atoms with E-state index in [9.17, 15) is 10.1 Å². The van der Waals surface area contributed by atoms with Crippen LogP contribution in [0, 0.1) is 16.0 Å². The number of nitrogens with zero attached hydrogens (tertiary/aromatic N) is 2. The van der Waals surface area contributed by atoms with Gasteiger partial charge in [-0.15, -0.1) is 0 Å². The SMILES string of the molecule is CC(C)Cc1snc([N+](=O)[O-])c1NC1CCCCC1. The summed E-state index contributed by atoms with van der Waals surface area (Å²) in [6, 6.07) is 0.370. The van der Waals surface area contributed by atoms with Crippen LogP contribution >= 0.6 is 11.5 Å². The highest BCUT2D eigenvalue weighted by atomic mass is 32.1. The average molecular weight is 283 g/mol. The van der Waals surface area contributed by atoms with Crippen LogP contribution in [0.15, 0.2) is 0 Å². The van der Waals surface area contributed by atoms with Crippen molar-refractivity contribution in [3.63, 3.8) is 0 Å². The molecule has 2 rings (SSSR count). The van der Waals surface area contributed by atoms with Crippen molar-refractivity contribution in [2.45, 2.75) is 58.4 Å². The summed E-state index contributed by atoms with van der Waals surface area (Å²) in [4.78, 5) is 11.7. The topological polar surface area (TPSA) is 68.1 Å². The molecule has 19 heavy (non-hydrogen) atoms. The molecular formula is C13H21N3O2S. The van der Waals surface area contributed by atoms with Crippen LogP contribution in [0.1, 0.15) is 50.8 Å². The fourth-order valence-corrected chi connectivity index (χ4v) is 3.55. The molecule has 1 fully saturated rings. The quantitative estimate of drug-likeness (QED) is 0.655. The summed E-state index contributed by atoms with van der Waals surface area (Å²) in [6.45, 7) is 4.24. The maximum absolute atomic E-state index is 11.1. The van der Waals surface area contributed by atoms with E-state index >= 15 is 0 Å². The first-order valence-corrected chi connectivity index (χ1v) is 7.74. The average Bonchev–Trinajstić information content (AvgIpc) is 2.73. The maximum Gasteiger partial charge on any atom is 0.402 e. The number of anilines is 1. The molecule has 0 saturated heterocycles. The van der Waals surface area contributed by atoms with Crippen LogP contribution in [0.3, 0.4) is 0 Å². The van der Waals surface area contributed by atoms with Crippen LogP contribution in [0.25, 0.3) is 0 Å². The molecule has 1 heterocycles. The minimum absolute atomic E-state index is 0.00576. The Morgan fingerprint density at radius 1 is 1.42 bits per heavy atom. The van der Waals surface area contributed by atoms with Gasteiger partial charge < -0.3 is 15.4 Å². The third-order valence-electron chi connectivity index (χ3n) is 3.46. The summed E-state index contributed by atoms with van der Waals surface area (Å²) < 4.78 is 4.01. The Bertz CT molecular complexity index is 439. The number of rotatable bonds is 5. The van der Waals surface area contributed by atoms with Gasteiger partial charge in [-0.1, -0.05) is 33.1 Å². The fraction of sp³-hybridized carbons (Fsp3) is 0.769. The van der Waals surface area contributed by atoms with Crippen molar-refractivity contribution in [2.75, 3.05) is 5.32 Å². The molecule has 0 unspecified atom stereocenters. The van der Waals surface area contributed by atoms with E-state index in [1.54, 1.807) is 0 Å². The van der Waals surface area contributed by atoms with Crippen molar-refractivity contribution < 1.29 is 4.92 Å². The Balaban J connectivity index is 2.18. The summed E-state index contributed by atoms with van der Waals surface area (Å²) in [7, 11) is 0. The first kappa shape index (κ1) is 14.2. The molecule has 1 aliphatic carbocycles. The number of hydrogen-bond acceptors (Lipinski definition) is 5. The Kier molecular flexibility index (Phi) is 4.74. The lowest BCUT2D eigenvalue weighted by atomic mass is 9.95. The van der Waals surface area contributed by atoms with Gasteiger partial charge in [0.2, 0.25) is 0 Å². The number of nitro groups is 1. The Morgan fingerprint density at radius 3 is 2.68 bits per heavy atom. The van der Waals surface area contributed by atoms with Crippen LogP contribution in [-0.4, -0.2) is 15.3 Å². The van der Waals surface area contributed by atoms with Crippen LogP contribution in [0.5, 0.6) is 0 Å². The Morgan fingerprint density at radius 2 is 2.11 bits per heavy atom. The molecule has 106 valence electrons. The van der Waals surface area contributed by atoms with Crippen LogP contribution in [-0.2, 0) is 6.42 Å². The summed E-state index contributed by atoms with van der Waals surface area (Å²) in [6.07, 6.45) is 6.76. The number of hydrogen-bond donors (Lipinski definition) is 1. The highest BCUT2D eigenvalue weighted by Crippen LogP contribution is 2.35. The zero-order chi connectivity index (χ0) is 13.8. The molecule has 0 aliphatic heterocycles. The predicted molar refractivity (Wildman–Crippen MR) is 77.8 cm³/mol. The van der Waals surface area contributed by atoms with Gasteiger partial charge in [-0.25, -0.2) is 0 Å². The van der Waals surface area contributed by atoms with Gasteiger partial charge in [0.05, 0.1) is 16.4 Å². The molecule has 0 aromatic carbocycles. The van der Waals surface area contributed by atoms with Crippen molar-refractivity contribution in [1.82, 2.24) is 4.37 Å². The molecule has 5 nitrogen and oxygen atoms in total. The standard InChI is InChI=1S/C13H21N3O2S/c1-9(2)8-11-12(13(15-19-11)16(17)18)14-10-6-4-3-5-7-10/h9-10,14H,3-8H2,1-2H3. The lowest BCUT2D eigenvalue weighted by Crippen LogP contribution is -2.23. The van der Waals surface area contributed by atoms with Gasteiger partial charge in [0.25, 0.3) is 0 Å². The van der Waals surface area contributed by atoms with Crippen LogP contribution < -0.4 is 5.32 Å². The van der Waals surface area contributed by atoms with E-state index in [1.165, 1.54) is 30.8 Å². The molecule has 0 atom stereocenters. The Labute approximate surface area is 117 Å². The van der Waals surface area contributed by atoms with Crippen LogP contribution in [0.2, 0.25) is 0 Å². The van der Waals surface area contributed by atoms with Crippen molar-refractivity contribution in [1.29, 1.82) is 0 Å². The molecule has 0 amide bonds. The lowest BCUT2D eigenvalue weighted by Gasteiger charge is -2.23. The highest BCUT2D eigenvalue weighted by Gasteiger charge is 2.27. The predicted octanol–water partition coefficient (Wildman–Crippen LogP) is 3.99. The minimum Gasteiger partial charge on any atom is -0.374 e. The van der Waals surface area contributed by atoms with Crippen LogP contribution in [0.4, 0.5) is 11.5 Å². The van der Waals surface area contributed by atoms with E-state index in [1.807, 2.05) is 0 Å². The molecule has 1 aromatic rings. The van der Waals surface area contributed by atoms with Gasteiger partial charge in [0.15, 0.2) is 5.69 Å². The largest absolute Gasteiger partial charge is 0.402 e. The van der Waals surface area contributed by atoms with Crippen molar-refractivity contribution >= 4 is 23.0 Å². The highest BCUT2D eigenvalue weighted by molar-refractivity contribution is 7.06. The van der Waals surface area contributed by atoms with Gasteiger partial charge in [-0.2, -0.15) is 0 Å². The van der Waals surface area contributed by atoms with Gasteiger partial charge in [-0.05, 0) is 30.1 Å². The van der Waals surface area contributed by atoms with E-state index in [0.717, 1.165) is 24.1 Å². The van der Waals surface area contributed by atoms with Gasteiger partial charge in [0.1, 0.15) is 0 Å². The second-order valence-corrected chi connectivity index (χ2v) is 6.50. The summed E-state index contributed by atoms with van der Waals surface area (Å²) >= 11 is 1.27. The first-order chi connectivity index (χ1) is 9.08. The van der Waals surface area contributed by atoms with E-state index in [0.29, 0.717) is 17.6 Å². The Hall–Kier alpha value is -1.17. The molecule has 1 aromatic heterocycles. The molecule has 0 spiro atoms. The van der Waals surface area contributed by atoms with Crippen molar-refractivity contribution in [3.05, 3.63) is 15.0 Å². The summed E-state index contributed by atoms with van der Waals surface area (Å²) in [5.74, 6) is 0.484. The lowest BCUT2D eigenvalue weighted by molar-refractivity contribution is -0.387. The summed E-state index contributed by atoms with van der Waals surface area (Å²) in [5, 5.41) is 14.5. The van der Waals surface area contributed by atoms with E-state index < -0.39 is 0 Å². The van der Waals surface area contributed by atoms with E-state index in [-0.39, 0.29) is 10.7 Å². The van der Waals surface area contributed by atoms with E-state index in [4.69, 9.17) is 0 Å². The molecule has 1 N–H and O–H groups in total. The molecular weight excluding hydrogens is 262 g/mol. The van der Waals surface area contributed by atoms with Gasteiger partial charge >= 0.3 is 5.82 Å². The molecule has 1 aliphatic rings. The third kappa shape index (κ3) is 3.65.